The first-order valence-corrected chi connectivity index (χ1v) is 20.8. The molecule has 0 spiro atoms. The maximum atomic E-state index is 11.8. The van der Waals surface area contributed by atoms with Crippen molar-refractivity contribution in [3.05, 3.63) is 0 Å². The third-order valence-corrected chi connectivity index (χ3v) is 8.02. The van der Waals surface area contributed by atoms with Gasteiger partial charge in [-0.3, -0.25) is 38.4 Å². The van der Waals surface area contributed by atoms with Gasteiger partial charge in [-0.25, -0.2) is 0 Å². The van der Waals surface area contributed by atoms with Crippen molar-refractivity contribution in [2.75, 3.05) is 98.9 Å². The average molecular weight is 921 g/mol. The van der Waals surface area contributed by atoms with Crippen molar-refractivity contribution in [2.24, 2.45) is 10.8 Å². The Morgan fingerprint density at radius 2 is 0.426 bits per heavy atom. The summed E-state index contributed by atoms with van der Waals surface area (Å²) in [6.45, 7) is -2.44. The highest BCUT2D eigenvalue weighted by atomic mass is 32.1. The smallest absolute Gasteiger partial charge is 0.315 e. The summed E-state index contributed by atoms with van der Waals surface area (Å²) >= 11 is 31.0. The molecule has 0 atom stereocenters. The molecular formula is C30H48O16S8. The second-order valence-corrected chi connectivity index (χ2v) is 13.9. The summed E-state index contributed by atoms with van der Waals surface area (Å²) in [5, 5.41) is 0. The predicted molar refractivity (Wildman–Crippen MR) is 222 cm³/mol. The molecule has 24 heteroatoms. The number of carbonyl (C=O) groups is 8. The highest BCUT2D eigenvalue weighted by Gasteiger charge is 2.39. The van der Waals surface area contributed by atoms with Gasteiger partial charge in [-0.1, -0.05) is 0 Å². The highest BCUT2D eigenvalue weighted by molar-refractivity contribution is 7.81. The van der Waals surface area contributed by atoms with Crippen molar-refractivity contribution in [3.63, 3.8) is 0 Å². The minimum absolute atomic E-state index is 0.0670. The Balaban J connectivity index is 0. The van der Waals surface area contributed by atoms with Gasteiger partial charge in [0, 0.05) is 23.0 Å². The molecule has 0 saturated carbocycles. The normalized spacial score (nSPS) is 10.8. The fraction of sp³-hybridized carbons (Fsp3) is 0.733. The van der Waals surface area contributed by atoms with E-state index in [1.165, 1.54) is 0 Å². The maximum absolute atomic E-state index is 11.8. The van der Waals surface area contributed by atoms with E-state index in [9.17, 15) is 38.4 Å². The average Bonchev–Trinajstić information content (AvgIpc) is 3.16. The van der Waals surface area contributed by atoms with Gasteiger partial charge in [-0.15, -0.1) is 0 Å². The lowest BCUT2D eigenvalue weighted by molar-refractivity contribution is -0.172. The van der Waals surface area contributed by atoms with Crippen molar-refractivity contribution in [2.45, 2.75) is 25.7 Å². The van der Waals surface area contributed by atoms with E-state index in [2.05, 4.69) is 101 Å². The molecule has 0 fully saturated rings. The van der Waals surface area contributed by atoms with E-state index < -0.39 is 58.6 Å². The van der Waals surface area contributed by atoms with Gasteiger partial charge in [-0.2, -0.15) is 101 Å². The van der Waals surface area contributed by atoms with Crippen LogP contribution in [0.3, 0.4) is 0 Å². The van der Waals surface area contributed by atoms with Gasteiger partial charge in [0.15, 0.2) is 0 Å². The molecule has 0 aliphatic heterocycles. The van der Waals surface area contributed by atoms with E-state index in [-0.39, 0.29) is 125 Å². The zero-order chi connectivity index (χ0) is 41.4. The van der Waals surface area contributed by atoms with Crippen molar-refractivity contribution in [1.29, 1.82) is 0 Å². The van der Waals surface area contributed by atoms with E-state index in [0.29, 0.717) is 0 Å². The molecule has 0 aromatic carbocycles. The summed E-state index contributed by atoms with van der Waals surface area (Å²) < 4.78 is 40.9. The number of hydrogen-bond acceptors (Lipinski definition) is 24. The molecule has 54 heavy (non-hydrogen) atoms. The molecule has 0 N–H and O–H groups in total. The van der Waals surface area contributed by atoms with Crippen LogP contribution in [0, 0.1) is 10.8 Å². The number of carbonyl (C=O) groups excluding carboxylic acids is 8. The van der Waals surface area contributed by atoms with Gasteiger partial charge in [-0.05, 0) is 0 Å². The van der Waals surface area contributed by atoms with Gasteiger partial charge in [0.05, 0.1) is 48.7 Å². The molecule has 0 bridgehead atoms. The minimum Gasteiger partial charge on any atom is -0.465 e. The van der Waals surface area contributed by atoms with Crippen LogP contribution in [0.2, 0.25) is 0 Å². The third-order valence-electron chi connectivity index (χ3n) is 6.09. The molecule has 0 aliphatic carbocycles. The van der Waals surface area contributed by atoms with Crippen LogP contribution in [0.1, 0.15) is 25.7 Å². The summed E-state index contributed by atoms with van der Waals surface area (Å²) in [5.41, 5.74) is -2.54. The van der Waals surface area contributed by atoms with Crippen LogP contribution in [-0.4, -0.2) is 147 Å². The molecule has 0 unspecified atom stereocenters. The first kappa shape index (κ1) is 54.7. The first-order valence-electron chi connectivity index (χ1n) is 15.8. The molecule has 0 rings (SSSR count). The molecule has 0 amide bonds. The third kappa shape index (κ3) is 28.0. The lowest BCUT2D eigenvalue weighted by atomic mass is 9.92. The lowest BCUT2D eigenvalue weighted by Gasteiger charge is -2.31. The van der Waals surface area contributed by atoms with Crippen LogP contribution in [0.25, 0.3) is 0 Å². The van der Waals surface area contributed by atoms with Crippen molar-refractivity contribution in [1.82, 2.24) is 0 Å². The van der Waals surface area contributed by atoms with E-state index in [1.54, 1.807) is 0 Å². The Kier molecular flexibility index (Phi) is 34.1. The molecule has 16 nitrogen and oxygen atoms in total. The Morgan fingerprint density at radius 3 is 0.556 bits per heavy atom. The molecule has 0 aliphatic rings. The van der Waals surface area contributed by atoms with Crippen LogP contribution >= 0.6 is 101 Å². The van der Waals surface area contributed by atoms with E-state index in [4.69, 9.17) is 37.9 Å². The second kappa shape index (κ2) is 33.7. The van der Waals surface area contributed by atoms with Gasteiger partial charge in [0.1, 0.15) is 63.7 Å². The predicted octanol–water partition coefficient (Wildman–Crippen LogP) is 1.29. The van der Waals surface area contributed by atoms with Crippen LogP contribution in [0.4, 0.5) is 0 Å². The summed E-state index contributed by atoms with van der Waals surface area (Å²) in [6.07, 6.45) is 0.268. The quantitative estimate of drug-likeness (QED) is 0.0316. The van der Waals surface area contributed by atoms with E-state index in [0.717, 1.165) is 0 Å². The Bertz CT molecular complexity index is 997. The first-order chi connectivity index (χ1) is 25.6. The van der Waals surface area contributed by atoms with Gasteiger partial charge >= 0.3 is 47.8 Å². The van der Waals surface area contributed by atoms with Gasteiger partial charge in [0.2, 0.25) is 0 Å². The van der Waals surface area contributed by atoms with E-state index in [1.807, 2.05) is 0 Å². The zero-order valence-electron chi connectivity index (χ0n) is 29.3. The summed E-state index contributed by atoms with van der Waals surface area (Å²) in [5.74, 6) is -4.28. The number of esters is 8. The summed E-state index contributed by atoms with van der Waals surface area (Å²) in [7, 11) is 0. The molecule has 312 valence electrons. The zero-order valence-corrected chi connectivity index (χ0v) is 36.4. The van der Waals surface area contributed by atoms with Crippen molar-refractivity contribution in [3.8, 4) is 0 Å². The molecule has 0 heterocycles. The second-order valence-electron chi connectivity index (χ2n) is 10.8. The van der Waals surface area contributed by atoms with Crippen LogP contribution in [0.15, 0.2) is 0 Å². The molecular weight excluding hydrogens is 873 g/mol. The largest absolute Gasteiger partial charge is 0.465 e. The van der Waals surface area contributed by atoms with Crippen molar-refractivity contribution < 1.29 is 76.3 Å². The van der Waals surface area contributed by atoms with Crippen LogP contribution < -0.4 is 0 Å². The summed E-state index contributed by atoms with van der Waals surface area (Å²) in [6, 6.07) is 0. The molecule has 0 aromatic rings. The Labute approximate surface area is 358 Å². The molecule has 0 saturated heterocycles. The number of hydrogen-bond donors (Lipinski definition) is 8. The summed E-state index contributed by atoms with van der Waals surface area (Å²) in [4.78, 5) is 92.7. The topological polar surface area (TPSA) is 210 Å². The fourth-order valence-corrected chi connectivity index (χ4v) is 4.30. The minimum atomic E-state index is -1.28. The number of ether oxygens (including phenoxy) is 8. The maximum Gasteiger partial charge on any atom is 0.315 e. The van der Waals surface area contributed by atoms with Gasteiger partial charge < -0.3 is 37.9 Å². The van der Waals surface area contributed by atoms with Gasteiger partial charge in [0.25, 0.3) is 0 Å². The monoisotopic (exact) mass is 920 g/mol. The van der Waals surface area contributed by atoms with Crippen molar-refractivity contribution >= 4 is 149 Å². The Morgan fingerprint density at radius 1 is 0.278 bits per heavy atom. The highest BCUT2D eigenvalue weighted by Crippen LogP contribution is 2.23. The van der Waals surface area contributed by atoms with Crippen LogP contribution in [-0.2, 0) is 76.3 Å². The molecule has 0 radical (unpaired) electrons. The SMILES string of the molecule is O=C(CCS)OCC(COC(=O)CCS)(COC(=O)CCS)COC(=O)CCS.O=C(CS)OCC(COC(=O)CS)(COC(=O)CS)COC(=O)CS. The van der Waals surface area contributed by atoms with E-state index >= 15 is 0 Å². The molecule has 0 aromatic heterocycles. The fourth-order valence-electron chi connectivity index (χ4n) is 3.21. The Hall–Kier alpha value is -1.44. The number of rotatable bonds is 28. The standard InChI is InChI=1S/C17H28O8S4.C13H20O8S4/c18-13(1-5-26)22-9-17(10-23-14(19)2-6-27,11-24-15(20)3-7-28)12-25-16(21)4-8-29;14-9(1-22)18-5-13(6-19-10(15)2-23,7-20-11(16)3-24)8-21-12(17)4-25/h26-29H,1-12H2;22-25H,1-8H2. The lowest BCUT2D eigenvalue weighted by Crippen LogP contribution is -2.44. The van der Waals surface area contributed by atoms with Crippen LogP contribution in [0.5, 0.6) is 0 Å². The number of thiol groups is 8.